The Morgan fingerprint density at radius 3 is 2.57 bits per heavy atom. The Kier molecular flexibility index (Phi) is 5.88. The summed E-state index contributed by atoms with van der Waals surface area (Å²) in [5.41, 5.74) is 1.18. The smallest absolute Gasteiger partial charge is 0.410 e. The molecule has 0 aliphatic carbocycles. The number of nitrogens with zero attached hydrogens (tertiary/aromatic N) is 4. The summed E-state index contributed by atoms with van der Waals surface area (Å²) in [5, 5.41) is 4.45. The minimum absolute atomic E-state index is 0.270. The van der Waals surface area contributed by atoms with Crippen molar-refractivity contribution < 1.29 is 14.3 Å². The molecule has 1 fully saturated rings. The minimum Gasteiger partial charge on any atom is -0.444 e. The quantitative estimate of drug-likeness (QED) is 0.790. The summed E-state index contributed by atoms with van der Waals surface area (Å²) in [6.45, 7) is 7.86. The van der Waals surface area contributed by atoms with Gasteiger partial charge in [0, 0.05) is 42.7 Å². The van der Waals surface area contributed by atoms with Crippen molar-refractivity contribution in [2.75, 3.05) is 36.4 Å². The van der Waals surface area contributed by atoms with Crippen molar-refractivity contribution in [1.82, 2.24) is 14.9 Å². The Bertz CT molecular complexity index is 859. The highest BCUT2D eigenvalue weighted by Gasteiger charge is 2.27. The number of pyridine rings is 1. The molecule has 3 rings (SSSR count). The van der Waals surface area contributed by atoms with E-state index < -0.39 is 5.60 Å². The van der Waals surface area contributed by atoms with E-state index in [0.717, 1.165) is 5.69 Å². The second kappa shape index (κ2) is 8.18. The van der Waals surface area contributed by atoms with Crippen molar-refractivity contribution in [3.8, 4) is 0 Å². The third kappa shape index (κ3) is 5.01. The van der Waals surface area contributed by atoms with Gasteiger partial charge in [0.25, 0.3) is 5.91 Å². The van der Waals surface area contributed by atoms with Crippen molar-refractivity contribution in [2.45, 2.75) is 26.4 Å². The van der Waals surface area contributed by atoms with Gasteiger partial charge in [-0.15, -0.1) is 11.3 Å². The molecule has 2 aromatic rings. The van der Waals surface area contributed by atoms with Crippen LogP contribution in [0, 0.1) is 0 Å². The van der Waals surface area contributed by atoms with Crippen LogP contribution < -0.4 is 15.1 Å². The summed E-state index contributed by atoms with van der Waals surface area (Å²) < 4.78 is 5.43. The molecule has 0 aromatic carbocycles. The lowest BCUT2D eigenvalue weighted by Gasteiger charge is -2.37. The van der Waals surface area contributed by atoms with E-state index >= 15 is 0 Å². The molecule has 0 atom stereocenters. The summed E-state index contributed by atoms with van der Waals surface area (Å²) in [6.07, 6.45) is 2.96. The molecule has 0 bridgehead atoms. The topological polar surface area (TPSA) is 87.7 Å². The highest BCUT2D eigenvalue weighted by molar-refractivity contribution is 7.17. The fourth-order valence-corrected chi connectivity index (χ4v) is 3.34. The Morgan fingerprint density at radius 2 is 1.96 bits per heavy atom. The number of piperazine rings is 1. The monoisotopic (exact) mass is 399 g/mol. The van der Waals surface area contributed by atoms with E-state index in [0.29, 0.717) is 36.8 Å². The number of nitrogens with one attached hydrogen (secondary N) is 1. The van der Waals surface area contributed by atoms with Gasteiger partial charge < -0.3 is 19.9 Å². The molecular weight excluding hydrogens is 377 g/mol. The van der Waals surface area contributed by atoms with Gasteiger partial charge >= 0.3 is 6.09 Å². The van der Waals surface area contributed by atoms with Crippen molar-refractivity contribution >= 4 is 47.5 Å². The maximum atomic E-state index is 12.4. The normalized spacial score (nSPS) is 14.7. The van der Waals surface area contributed by atoms with E-state index in [-0.39, 0.29) is 17.7 Å². The summed E-state index contributed by atoms with van der Waals surface area (Å²) in [7, 11) is 5.60. The average molecular weight is 399 g/mol. The van der Waals surface area contributed by atoms with Gasteiger partial charge in [-0.2, -0.15) is 0 Å². The van der Waals surface area contributed by atoms with Crippen LogP contribution in [0.2, 0.25) is 0 Å². The number of amides is 2. The molecule has 1 aliphatic rings. The van der Waals surface area contributed by atoms with Crippen LogP contribution in [0.1, 0.15) is 31.3 Å². The van der Waals surface area contributed by atoms with Crippen LogP contribution in [0.15, 0.2) is 23.8 Å². The first-order valence-corrected chi connectivity index (χ1v) is 9.80. The lowest BCUT2D eigenvalue weighted by atomic mass is 10.2. The van der Waals surface area contributed by atoms with Crippen molar-refractivity contribution in [3.63, 3.8) is 0 Å². The molecule has 2 radical (unpaired) electrons. The Labute approximate surface area is 169 Å². The number of anilines is 2. The number of ether oxygens (including phenoxy) is 1. The van der Waals surface area contributed by atoms with Crippen LogP contribution >= 0.6 is 11.3 Å². The number of carbonyl (C=O) groups excluding carboxylic acids is 2. The highest BCUT2D eigenvalue weighted by Crippen LogP contribution is 2.26. The molecule has 1 aliphatic heterocycles. The number of hydrogen-bond acceptors (Lipinski definition) is 7. The Balaban J connectivity index is 1.65. The van der Waals surface area contributed by atoms with E-state index in [1.807, 2.05) is 26.8 Å². The fourth-order valence-electron chi connectivity index (χ4n) is 2.79. The van der Waals surface area contributed by atoms with Crippen LogP contribution in [-0.2, 0) is 4.74 Å². The second-order valence-corrected chi connectivity index (χ2v) is 8.26. The fraction of sp³-hybridized carbons (Fsp3) is 0.444. The molecule has 10 heteroatoms. The molecule has 1 saturated heterocycles. The molecule has 2 amide bonds. The van der Waals surface area contributed by atoms with Crippen LogP contribution in [-0.4, -0.2) is 66.5 Å². The van der Waals surface area contributed by atoms with Gasteiger partial charge in [0.15, 0.2) is 7.85 Å². The Hall–Kier alpha value is -2.62. The maximum Gasteiger partial charge on any atom is 0.410 e. The van der Waals surface area contributed by atoms with Crippen molar-refractivity contribution in [3.05, 3.63) is 29.5 Å². The van der Waals surface area contributed by atoms with Gasteiger partial charge in [0.05, 0.1) is 17.6 Å². The van der Waals surface area contributed by atoms with Gasteiger partial charge in [-0.3, -0.25) is 9.78 Å². The highest BCUT2D eigenvalue weighted by atomic mass is 32.1. The zero-order chi connectivity index (χ0) is 20.3. The molecule has 8 nitrogen and oxygen atoms in total. The predicted octanol–water partition coefficient (Wildman–Crippen LogP) is 1.64. The van der Waals surface area contributed by atoms with Gasteiger partial charge in [0.1, 0.15) is 11.3 Å². The number of carbonyl (C=O) groups is 2. The summed E-state index contributed by atoms with van der Waals surface area (Å²) >= 11 is 1.21. The summed E-state index contributed by atoms with van der Waals surface area (Å²) in [6, 6.07) is 1.84. The zero-order valence-corrected chi connectivity index (χ0v) is 17.0. The number of hydrogen-bond donors (Lipinski definition) is 1. The first-order chi connectivity index (χ1) is 13.2. The number of rotatable bonds is 3. The zero-order valence-electron chi connectivity index (χ0n) is 16.1. The molecule has 2 aromatic heterocycles. The molecule has 0 spiro atoms. The molecule has 3 heterocycles. The molecule has 1 N–H and O–H groups in total. The van der Waals surface area contributed by atoms with Crippen LogP contribution in [0.25, 0.3) is 0 Å². The van der Waals surface area contributed by atoms with Gasteiger partial charge in [-0.1, -0.05) is 0 Å². The van der Waals surface area contributed by atoms with Crippen molar-refractivity contribution in [2.24, 2.45) is 0 Å². The number of thiazole rings is 1. The SMILES string of the molecule is [B]c1nc(C(=O)Nc2cnccc2N2CCN(C(=O)OC(C)(C)C)CC2)cs1. The van der Waals surface area contributed by atoms with Crippen molar-refractivity contribution in [1.29, 1.82) is 0 Å². The third-order valence-electron chi connectivity index (χ3n) is 4.07. The molecule has 0 unspecified atom stereocenters. The van der Waals surface area contributed by atoms with Gasteiger partial charge in [0.2, 0.25) is 0 Å². The van der Waals surface area contributed by atoms with Crippen LogP contribution in [0.4, 0.5) is 16.2 Å². The standard InChI is InChI=1S/C18H22BN5O3S/c1-18(2,3)27-17(26)24-8-6-23(7-9-24)14-4-5-20-10-12(14)21-15(25)13-11-28-16(19)22-13/h4-5,10-11H,6-9H2,1-3H3,(H,21,25). The third-order valence-corrected chi connectivity index (χ3v) is 4.75. The Morgan fingerprint density at radius 1 is 1.25 bits per heavy atom. The second-order valence-electron chi connectivity index (χ2n) is 7.37. The number of aromatic nitrogens is 2. The first kappa shape index (κ1) is 20.1. The lowest BCUT2D eigenvalue weighted by molar-refractivity contribution is 0.0240. The molecular formula is C18H22BN5O3S. The summed E-state index contributed by atoms with van der Waals surface area (Å²) in [5.74, 6) is -0.338. The lowest BCUT2D eigenvalue weighted by Crippen LogP contribution is -2.50. The molecule has 0 saturated carbocycles. The minimum atomic E-state index is -0.518. The van der Waals surface area contributed by atoms with E-state index in [1.54, 1.807) is 22.7 Å². The van der Waals surface area contributed by atoms with Gasteiger partial charge in [-0.25, -0.2) is 9.78 Å². The predicted molar refractivity (Wildman–Crippen MR) is 110 cm³/mol. The van der Waals surface area contributed by atoms with Gasteiger partial charge in [-0.05, 0) is 26.8 Å². The molecule has 28 heavy (non-hydrogen) atoms. The average Bonchev–Trinajstić information content (AvgIpc) is 3.07. The molecule has 146 valence electrons. The summed E-state index contributed by atoms with van der Waals surface area (Å²) in [4.78, 5) is 36.9. The largest absolute Gasteiger partial charge is 0.444 e. The van der Waals surface area contributed by atoms with E-state index in [4.69, 9.17) is 12.6 Å². The first-order valence-electron chi connectivity index (χ1n) is 8.92. The van der Waals surface area contributed by atoms with E-state index in [2.05, 4.69) is 20.2 Å². The van der Waals surface area contributed by atoms with E-state index in [1.165, 1.54) is 11.3 Å². The van der Waals surface area contributed by atoms with Crippen LogP contribution in [0.5, 0.6) is 0 Å². The van der Waals surface area contributed by atoms with E-state index in [9.17, 15) is 9.59 Å². The van der Waals surface area contributed by atoms with Crippen LogP contribution in [0.3, 0.4) is 0 Å². The maximum absolute atomic E-state index is 12.4.